The van der Waals surface area contributed by atoms with Crippen LogP contribution in [0.25, 0.3) is 0 Å². The van der Waals surface area contributed by atoms with Gasteiger partial charge in [-0.2, -0.15) is 0 Å². The first-order chi connectivity index (χ1) is 9.90. The molecule has 1 saturated heterocycles. The lowest BCUT2D eigenvalue weighted by Gasteiger charge is -2.39. The van der Waals surface area contributed by atoms with Crippen LogP contribution in [-0.4, -0.2) is 35.8 Å². The molecule has 21 heavy (non-hydrogen) atoms. The van der Waals surface area contributed by atoms with Gasteiger partial charge in [0.2, 0.25) is 11.8 Å². The SMILES string of the molecule is CC(C)CC(=O)N1CCN(c2ccc(Cl)cc2)C(=O)C1C. The minimum atomic E-state index is -0.416. The zero-order chi connectivity index (χ0) is 15.6. The molecule has 2 amide bonds. The molecule has 1 aliphatic rings. The highest BCUT2D eigenvalue weighted by molar-refractivity contribution is 6.30. The third-order valence-corrected chi connectivity index (χ3v) is 3.95. The number of amides is 2. The van der Waals surface area contributed by atoms with Gasteiger partial charge in [-0.15, -0.1) is 0 Å². The maximum atomic E-state index is 12.5. The zero-order valence-electron chi connectivity index (χ0n) is 12.7. The van der Waals surface area contributed by atoms with Gasteiger partial charge >= 0.3 is 0 Å². The van der Waals surface area contributed by atoms with Gasteiger partial charge in [-0.05, 0) is 37.1 Å². The lowest BCUT2D eigenvalue weighted by Crippen LogP contribution is -2.57. The van der Waals surface area contributed by atoms with Crippen molar-refractivity contribution in [3.05, 3.63) is 29.3 Å². The predicted octanol–water partition coefficient (Wildman–Crippen LogP) is 2.95. The van der Waals surface area contributed by atoms with Crippen molar-refractivity contribution < 1.29 is 9.59 Å². The lowest BCUT2D eigenvalue weighted by molar-refractivity contribution is -0.141. The van der Waals surface area contributed by atoms with E-state index in [0.717, 1.165) is 5.69 Å². The van der Waals surface area contributed by atoms with Gasteiger partial charge in [-0.25, -0.2) is 0 Å². The summed E-state index contributed by atoms with van der Waals surface area (Å²) in [6.07, 6.45) is 0.485. The standard InChI is InChI=1S/C16H21ClN2O2/c1-11(2)10-15(20)18-8-9-19(16(21)12(18)3)14-6-4-13(17)5-7-14/h4-7,11-12H,8-10H2,1-3H3. The van der Waals surface area contributed by atoms with Crippen molar-refractivity contribution in [1.82, 2.24) is 4.90 Å². The Balaban J connectivity index is 2.10. The van der Waals surface area contributed by atoms with E-state index in [0.29, 0.717) is 30.5 Å². The Morgan fingerprint density at radius 3 is 2.48 bits per heavy atom. The first-order valence-corrected chi connectivity index (χ1v) is 7.64. The monoisotopic (exact) mass is 308 g/mol. The quantitative estimate of drug-likeness (QED) is 0.861. The smallest absolute Gasteiger partial charge is 0.249 e. The molecule has 1 aromatic carbocycles. The third kappa shape index (κ3) is 3.56. The van der Waals surface area contributed by atoms with Gasteiger partial charge in [-0.1, -0.05) is 25.4 Å². The van der Waals surface area contributed by atoms with E-state index in [1.165, 1.54) is 0 Å². The average molecular weight is 309 g/mol. The molecule has 1 unspecified atom stereocenters. The van der Waals surface area contributed by atoms with Gasteiger partial charge in [0.15, 0.2) is 0 Å². The highest BCUT2D eigenvalue weighted by atomic mass is 35.5. The fourth-order valence-corrected chi connectivity index (χ4v) is 2.68. The van der Waals surface area contributed by atoms with Gasteiger partial charge in [0, 0.05) is 30.2 Å². The number of carbonyl (C=O) groups excluding carboxylic acids is 2. The molecule has 1 fully saturated rings. The van der Waals surface area contributed by atoms with Crippen LogP contribution in [0.3, 0.4) is 0 Å². The van der Waals surface area contributed by atoms with E-state index in [1.54, 1.807) is 28.9 Å². The van der Waals surface area contributed by atoms with E-state index in [4.69, 9.17) is 11.6 Å². The minimum absolute atomic E-state index is 0.0410. The van der Waals surface area contributed by atoms with Crippen LogP contribution in [-0.2, 0) is 9.59 Å². The van der Waals surface area contributed by atoms with Crippen LogP contribution < -0.4 is 4.90 Å². The van der Waals surface area contributed by atoms with E-state index >= 15 is 0 Å². The van der Waals surface area contributed by atoms with Crippen LogP contribution in [0.15, 0.2) is 24.3 Å². The number of rotatable bonds is 3. The molecule has 0 bridgehead atoms. The molecule has 0 aliphatic carbocycles. The molecule has 0 saturated carbocycles. The molecule has 0 radical (unpaired) electrons. The van der Waals surface area contributed by atoms with E-state index in [-0.39, 0.29) is 11.8 Å². The summed E-state index contributed by atoms with van der Waals surface area (Å²) in [6, 6.07) is 6.79. The second kappa shape index (κ2) is 6.48. The second-order valence-corrected chi connectivity index (χ2v) is 6.26. The average Bonchev–Trinajstić information content (AvgIpc) is 2.42. The molecule has 0 spiro atoms. The van der Waals surface area contributed by atoms with Crippen molar-refractivity contribution in [2.24, 2.45) is 5.92 Å². The molecular weight excluding hydrogens is 288 g/mol. The number of piperazine rings is 1. The Morgan fingerprint density at radius 2 is 1.90 bits per heavy atom. The molecule has 1 aromatic rings. The van der Waals surface area contributed by atoms with E-state index in [9.17, 15) is 9.59 Å². The maximum Gasteiger partial charge on any atom is 0.249 e. The van der Waals surface area contributed by atoms with Crippen LogP contribution in [0.1, 0.15) is 27.2 Å². The topological polar surface area (TPSA) is 40.6 Å². The van der Waals surface area contributed by atoms with Crippen LogP contribution >= 0.6 is 11.6 Å². The number of hydrogen-bond donors (Lipinski definition) is 0. The minimum Gasteiger partial charge on any atom is -0.329 e. The summed E-state index contributed by atoms with van der Waals surface area (Å²) in [6.45, 7) is 6.90. The molecule has 5 heteroatoms. The normalized spacial score (nSPS) is 19.3. The predicted molar refractivity (Wildman–Crippen MR) is 84.4 cm³/mol. The number of halogens is 1. The van der Waals surface area contributed by atoms with Gasteiger partial charge in [0.25, 0.3) is 0 Å². The van der Waals surface area contributed by atoms with Crippen molar-refractivity contribution in [1.29, 1.82) is 0 Å². The molecule has 0 aromatic heterocycles. The fraction of sp³-hybridized carbons (Fsp3) is 0.500. The summed E-state index contributed by atoms with van der Waals surface area (Å²) < 4.78 is 0. The molecule has 4 nitrogen and oxygen atoms in total. The summed E-state index contributed by atoms with van der Waals surface area (Å²) in [7, 11) is 0. The molecule has 114 valence electrons. The largest absolute Gasteiger partial charge is 0.329 e. The number of anilines is 1. The number of benzene rings is 1. The summed E-state index contributed by atoms with van der Waals surface area (Å²) in [5, 5.41) is 0.644. The van der Waals surface area contributed by atoms with Crippen LogP contribution in [0.5, 0.6) is 0 Å². The van der Waals surface area contributed by atoms with Crippen LogP contribution in [0, 0.1) is 5.92 Å². The highest BCUT2D eigenvalue weighted by Crippen LogP contribution is 2.23. The van der Waals surface area contributed by atoms with Crippen molar-refractivity contribution in [2.75, 3.05) is 18.0 Å². The first kappa shape index (κ1) is 15.8. The molecule has 1 atom stereocenters. The van der Waals surface area contributed by atoms with E-state index in [2.05, 4.69) is 0 Å². The molecule has 2 rings (SSSR count). The highest BCUT2D eigenvalue weighted by Gasteiger charge is 2.34. The Kier molecular flexibility index (Phi) is 4.88. The number of hydrogen-bond acceptors (Lipinski definition) is 2. The van der Waals surface area contributed by atoms with Gasteiger partial charge in [0.05, 0.1) is 0 Å². The van der Waals surface area contributed by atoms with Gasteiger partial charge in [0.1, 0.15) is 6.04 Å². The molecule has 1 heterocycles. The molecular formula is C16H21ClN2O2. The maximum absolute atomic E-state index is 12.5. The number of carbonyl (C=O) groups is 2. The summed E-state index contributed by atoms with van der Waals surface area (Å²) in [5.41, 5.74) is 0.826. The van der Waals surface area contributed by atoms with Gasteiger partial charge < -0.3 is 9.80 Å². The lowest BCUT2D eigenvalue weighted by atomic mass is 10.1. The Labute approximate surface area is 130 Å². The van der Waals surface area contributed by atoms with Crippen molar-refractivity contribution in [3.8, 4) is 0 Å². The molecule has 0 N–H and O–H groups in total. The Bertz CT molecular complexity index is 528. The fourth-order valence-electron chi connectivity index (χ4n) is 2.55. The zero-order valence-corrected chi connectivity index (χ0v) is 13.4. The number of nitrogens with zero attached hydrogens (tertiary/aromatic N) is 2. The summed E-state index contributed by atoms with van der Waals surface area (Å²) in [5.74, 6) is 0.316. The van der Waals surface area contributed by atoms with Crippen LogP contribution in [0.2, 0.25) is 5.02 Å². The first-order valence-electron chi connectivity index (χ1n) is 7.26. The van der Waals surface area contributed by atoms with E-state index < -0.39 is 6.04 Å². The Hall–Kier alpha value is -1.55. The van der Waals surface area contributed by atoms with Crippen molar-refractivity contribution in [3.63, 3.8) is 0 Å². The summed E-state index contributed by atoms with van der Waals surface area (Å²) >= 11 is 5.87. The third-order valence-electron chi connectivity index (χ3n) is 3.70. The van der Waals surface area contributed by atoms with Crippen molar-refractivity contribution >= 4 is 29.1 Å². The Morgan fingerprint density at radius 1 is 1.29 bits per heavy atom. The van der Waals surface area contributed by atoms with Crippen molar-refractivity contribution in [2.45, 2.75) is 33.2 Å². The van der Waals surface area contributed by atoms with Gasteiger partial charge in [-0.3, -0.25) is 9.59 Å². The van der Waals surface area contributed by atoms with Crippen LogP contribution in [0.4, 0.5) is 5.69 Å². The summed E-state index contributed by atoms with van der Waals surface area (Å²) in [4.78, 5) is 28.1. The molecule has 1 aliphatic heterocycles. The second-order valence-electron chi connectivity index (χ2n) is 5.83. The van der Waals surface area contributed by atoms with E-state index in [1.807, 2.05) is 26.0 Å².